The summed E-state index contributed by atoms with van der Waals surface area (Å²) in [5, 5.41) is 0. The van der Waals surface area contributed by atoms with E-state index in [4.69, 9.17) is 4.74 Å². The first-order chi connectivity index (χ1) is 11.9. The molecule has 0 aromatic carbocycles. The summed E-state index contributed by atoms with van der Waals surface area (Å²) in [5.74, 6) is 1.59. The largest absolute Gasteiger partial charge is 0.366 e. The van der Waals surface area contributed by atoms with Crippen LogP contribution in [0.5, 0.6) is 0 Å². The van der Waals surface area contributed by atoms with Crippen molar-refractivity contribution in [2.24, 2.45) is 23.7 Å². The molecule has 0 radical (unpaired) electrons. The van der Waals surface area contributed by atoms with E-state index < -0.39 is 0 Å². The van der Waals surface area contributed by atoms with Crippen LogP contribution in [0.1, 0.15) is 55.4 Å². The summed E-state index contributed by atoms with van der Waals surface area (Å²) < 4.78 is 4.98. The third kappa shape index (κ3) is 15.3. The molecule has 0 atom stereocenters. The highest BCUT2D eigenvalue weighted by Crippen LogP contribution is 2.08. The van der Waals surface area contributed by atoms with Crippen molar-refractivity contribution in [3.8, 4) is 0 Å². The maximum Gasteiger partial charge on any atom is 0.160 e. The number of carbonyl (C=O) groups is 4. The van der Waals surface area contributed by atoms with Crippen LogP contribution in [-0.2, 0) is 23.9 Å². The highest BCUT2D eigenvalue weighted by Gasteiger charge is 2.11. The van der Waals surface area contributed by atoms with Crippen LogP contribution in [0.25, 0.3) is 0 Å². The van der Waals surface area contributed by atoms with E-state index in [0.717, 1.165) is 0 Å². The summed E-state index contributed by atoms with van der Waals surface area (Å²) in [6, 6.07) is 0. The third-order valence-corrected chi connectivity index (χ3v) is 4.53. The monoisotopic (exact) mass is 388 g/mol. The van der Waals surface area contributed by atoms with E-state index in [1.54, 1.807) is 0 Å². The quantitative estimate of drug-likeness (QED) is 0.508. The van der Waals surface area contributed by atoms with E-state index in [1.165, 1.54) is 11.8 Å². The molecule has 0 amide bonds. The second kappa shape index (κ2) is 15.1. The van der Waals surface area contributed by atoms with E-state index in [9.17, 15) is 19.2 Å². The number of ketones is 4. The highest BCUT2D eigenvalue weighted by atomic mass is 32.2. The van der Waals surface area contributed by atoms with Gasteiger partial charge >= 0.3 is 0 Å². The van der Waals surface area contributed by atoms with Gasteiger partial charge in [-0.3, -0.25) is 19.2 Å². The molecular weight excluding hydrogens is 352 g/mol. The minimum absolute atomic E-state index is 0.0193. The van der Waals surface area contributed by atoms with Crippen LogP contribution >= 0.6 is 11.8 Å². The Kier molecular flexibility index (Phi) is 15.8. The summed E-state index contributed by atoms with van der Waals surface area (Å²) in [4.78, 5) is 44.4. The fourth-order valence-electron chi connectivity index (χ4n) is 1.17. The molecule has 0 bridgehead atoms. The maximum absolute atomic E-state index is 11.2. The molecule has 0 saturated heterocycles. The number of Topliss-reactive ketones (excluding diaryl/α,β-unsaturated/α-hetero) is 4. The normalized spacial score (nSPS) is 10.9. The molecular formula is C20H36O5S. The zero-order valence-corrected chi connectivity index (χ0v) is 18.4. The molecule has 5 nitrogen and oxygen atoms in total. The Hall–Kier alpha value is -1.01. The van der Waals surface area contributed by atoms with Crippen LogP contribution in [0.15, 0.2) is 0 Å². The molecule has 0 N–H and O–H groups in total. The topological polar surface area (TPSA) is 77.5 Å². The molecule has 0 aliphatic rings. The van der Waals surface area contributed by atoms with E-state index in [-0.39, 0.29) is 60.0 Å². The first-order valence-corrected chi connectivity index (χ1v) is 10.3. The van der Waals surface area contributed by atoms with Crippen molar-refractivity contribution in [1.82, 2.24) is 0 Å². The molecule has 0 aromatic heterocycles. The number of carbonyl (C=O) groups excluding carboxylic acids is 4. The summed E-state index contributed by atoms with van der Waals surface area (Å²) in [7, 11) is 0. The average molecular weight is 389 g/mol. The number of hydrogen-bond donors (Lipinski definition) is 0. The van der Waals surface area contributed by atoms with Gasteiger partial charge in [-0.15, -0.1) is 11.8 Å². The molecule has 6 heteroatoms. The summed E-state index contributed by atoms with van der Waals surface area (Å²) >= 11 is 1.43. The molecule has 0 aliphatic carbocycles. The zero-order valence-electron chi connectivity index (χ0n) is 17.6. The average Bonchev–Trinajstić information content (AvgIpc) is 2.54. The zero-order chi connectivity index (χ0) is 20.9. The lowest BCUT2D eigenvalue weighted by atomic mass is 10.1. The van der Waals surface area contributed by atoms with Crippen molar-refractivity contribution < 1.29 is 23.9 Å². The standard InChI is InChI=1S/C10H18O3.C10H18O2S/c2*1-7(2)9(11)5-13-6-10(12)8(3)4/h2*7-8H,5-6H2,1-4H3. The number of ether oxygens (including phenoxy) is 1. The Morgan fingerprint density at radius 3 is 1.08 bits per heavy atom. The first-order valence-electron chi connectivity index (χ1n) is 9.16. The number of rotatable bonds is 12. The van der Waals surface area contributed by atoms with Gasteiger partial charge in [0.05, 0.1) is 11.5 Å². The number of hydrogen-bond acceptors (Lipinski definition) is 6. The van der Waals surface area contributed by atoms with Crippen molar-refractivity contribution >= 4 is 34.9 Å². The van der Waals surface area contributed by atoms with Crippen molar-refractivity contribution in [3.05, 3.63) is 0 Å². The van der Waals surface area contributed by atoms with Crippen LogP contribution in [0.2, 0.25) is 0 Å². The molecule has 0 unspecified atom stereocenters. The second-order valence-corrected chi connectivity index (χ2v) is 8.46. The molecule has 0 heterocycles. The Morgan fingerprint density at radius 1 is 0.577 bits per heavy atom. The predicted octanol–water partition coefficient (Wildman–Crippen LogP) is 3.62. The molecule has 152 valence electrons. The molecule has 0 rings (SSSR count). The van der Waals surface area contributed by atoms with E-state index >= 15 is 0 Å². The second-order valence-electron chi connectivity index (χ2n) is 7.47. The van der Waals surface area contributed by atoms with Crippen molar-refractivity contribution in [1.29, 1.82) is 0 Å². The summed E-state index contributed by atoms with van der Waals surface area (Å²) in [6.07, 6.45) is 0. The Labute approximate surface area is 163 Å². The van der Waals surface area contributed by atoms with Gasteiger partial charge in [0.15, 0.2) is 11.6 Å². The summed E-state index contributed by atoms with van der Waals surface area (Å²) in [6.45, 7) is 14.9. The van der Waals surface area contributed by atoms with Gasteiger partial charge in [0.2, 0.25) is 0 Å². The van der Waals surface area contributed by atoms with Gasteiger partial charge in [-0.05, 0) is 0 Å². The van der Waals surface area contributed by atoms with Gasteiger partial charge in [-0.2, -0.15) is 0 Å². The molecule has 0 aromatic rings. The summed E-state index contributed by atoms with van der Waals surface area (Å²) in [5.41, 5.74) is 0. The van der Waals surface area contributed by atoms with Gasteiger partial charge in [-0.1, -0.05) is 55.4 Å². The smallest absolute Gasteiger partial charge is 0.160 e. The molecule has 0 spiro atoms. The third-order valence-electron chi connectivity index (χ3n) is 3.55. The lowest BCUT2D eigenvalue weighted by molar-refractivity contribution is -0.132. The first kappa shape index (κ1) is 27.2. The lowest BCUT2D eigenvalue weighted by Gasteiger charge is -2.06. The van der Waals surface area contributed by atoms with Crippen LogP contribution in [0.3, 0.4) is 0 Å². The van der Waals surface area contributed by atoms with Crippen LogP contribution in [-0.4, -0.2) is 47.9 Å². The van der Waals surface area contributed by atoms with Crippen molar-refractivity contribution in [2.45, 2.75) is 55.4 Å². The highest BCUT2D eigenvalue weighted by molar-refractivity contribution is 8.00. The fourth-order valence-corrected chi connectivity index (χ4v) is 2.34. The van der Waals surface area contributed by atoms with E-state index in [2.05, 4.69) is 0 Å². The fraction of sp³-hybridized carbons (Fsp3) is 0.800. The molecule has 0 fully saturated rings. The van der Waals surface area contributed by atoms with Gasteiger partial charge in [-0.25, -0.2) is 0 Å². The van der Waals surface area contributed by atoms with Crippen LogP contribution in [0.4, 0.5) is 0 Å². The van der Waals surface area contributed by atoms with Gasteiger partial charge < -0.3 is 4.74 Å². The van der Waals surface area contributed by atoms with E-state index in [1.807, 2.05) is 55.4 Å². The molecule has 26 heavy (non-hydrogen) atoms. The molecule has 0 saturated carbocycles. The van der Waals surface area contributed by atoms with Crippen LogP contribution in [0, 0.1) is 23.7 Å². The van der Waals surface area contributed by atoms with Crippen molar-refractivity contribution in [2.75, 3.05) is 24.7 Å². The van der Waals surface area contributed by atoms with Gasteiger partial charge in [0.25, 0.3) is 0 Å². The Bertz CT molecular complexity index is 371. The van der Waals surface area contributed by atoms with Crippen molar-refractivity contribution in [3.63, 3.8) is 0 Å². The van der Waals surface area contributed by atoms with Gasteiger partial charge in [0, 0.05) is 23.7 Å². The van der Waals surface area contributed by atoms with Crippen LogP contribution < -0.4 is 0 Å². The Morgan fingerprint density at radius 2 is 0.846 bits per heavy atom. The minimum atomic E-state index is -0.0193. The SMILES string of the molecule is CC(C)C(=O)COCC(=O)C(C)C.CC(C)C(=O)CSCC(=O)C(C)C. The lowest BCUT2D eigenvalue weighted by Crippen LogP contribution is -2.20. The van der Waals surface area contributed by atoms with E-state index in [0.29, 0.717) is 11.5 Å². The minimum Gasteiger partial charge on any atom is -0.366 e. The number of thioether (sulfide) groups is 1. The predicted molar refractivity (Wildman–Crippen MR) is 108 cm³/mol. The van der Waals surface area contributed by atoms with Gasteiger partial charge in [0.1, 0.15) is 24.8 Å². The molecule has 0 aliphatic heterocycles. The maximum atomic E-state index is 11.2. The Balaban J connectivity index is 0.